The van der Waals surface area contributed by atoms with Crippen molar-refractivity contribution in [2.45, 2.75) is 12.5 Å². The monoisotopic (exact) mass is 250 g/mol. The van der Waals surface area contributed by atoms with Gasteiger partial charge in [-0.25, -0.2) is 0 Å². The highest BCUT2D eigenvalue weighted by molar-refractivity contribution is 5.29. The van der Waals surface area contributed by atoms with E-state index in [0.717, 1.165) is 50.3 Å². The van der Waals surface area contributed by atoms with Gasteiger partial charge in [-0.05, 0) is 17.5 Å². The Labute approximate surface area is 108 Å². The molecule has 1 fully saturated rings. The lowest BCUT2D eigenvalue weighted by atomic mass is 10.00. The van der Waals surface area contributed by atoms with Crippen molar-refractivity contribution in [1.82, 2.24) is 10.2 Å². The van der Waals surface area contributed by atoms with Crippen LogP contribution in [-0.4, -0.2) is 54.4 Å². The predicted octanol–water partition coefficient (Wildman–Crippen LogP) is 0.160. The molecule has 0 amide bonds. The Morgan fingerprint density at radius 3 is 2.67 bits per heavy atom. The average molecular weight is 250 g/mol. The van der Waals surface area contributed by atoms with Crippen LogP contribution in [0.4, 0.5) is 0 Å². The van der Waals surface area contributed by atoms with Crippen molar-refractivity contribution in [2.75, 3.05) is 39.3 Å². The van der Waals surface area contributed by atoms with Gasteiger partial charge in [0.2, 0.25) is 0 Å². The molecule has 0 aromatic heterocycles. The first-order valence-corrected chi connectivity index (χ1v) is 6.61. The van der Waals surface area contributed by atoms with Crippen LogP contribution in [0.5, 0.6) is 0 Å². The molecule has 0 saturated carbocycles. The highest BCUT2D eigenvalue weighted by Crippen LogP contribution is 2.18. The van der Waals surface area contributed by atoms with Crippen molar-refractivity contribution < 1.29 is 10.2 Å². The SMILES string of the molecule is OCC(O)c1ccccc1CCN1CCNCC1. The Balaban J connectivity index is 1.95. The molecule has 1 aromatic carbocycles. The molecule has 3 N–H and O–H groups in total. The van der Waals surface area contributed by atoms with E-state index >= 15 is 0 Å². The van der Waals surface area contributed by atoms with Gasteiger partial charge in [-0.2, -0.15) is 0 Å². The second kappa shape index (κ2) is 6.85. The summed E-state index contributed by atoms with van der Waals surface area (Å²) in [4.78, 5) is 2.43. The molecule has 0 bridgehead atoms. The van der Waals surface area contributed by atoms with Crippen LogP contribution in [0.25, 0.3) is 0 Å². The van der Waals surface area contributed by atoms with Gasteiger partial charge in [-0.3, -0.25) is 0 Å². The zero-order valence-corrected chi connectivity index (χ0v) is 10.7. The quantitative estimate of drug-likeness (QED) is 0.697. The van der Waals surface area contributed by atoms with Crippen LogP contribution in [0.2, 0.25) is 0 Å². The molecule has 0 radical (unpaired) electrons. The van der Waals surface area contributed by atoms with Crippen LogP contribution in [0.1, 0.15) is 17.2 Å². The lowest BCUT2D eigenvalue weighted by Gasteiger charge is -2.27. The summed E-state index contributed by atoms with van der Waals surface area (Å²) in [6.45, 7) is 5.08. The molecular weight excluding hydrogens is 228 g/mol. The molecule has 1 saturated heterocycles. The average Bonchev–Trinajstić information content (AvgIpc) is 2.45. The second-order valence-electron chi connectivity index (χ2n) is 4.74. The third-order valence-corrected chi connectivity index (χ3v) is 3.49. The Hall–Kier alpha value is -0.940. The number of nitrogens with zero attached hydrogens (tertiary/aromatic N) is 1. The van der Waals surface area contributed by atoms with Gasteiger partial charge in [-0.15, -0.1) is 0 Å². The van der Waals surface area contributed by atoms with E-state index in [2.05, 4.69) is 10.2 Å². The summed E-state index contributed by atoms with van der Waals surface area (Å²) in [6, 6.07) is 7.83. The maximum absolute atomic E-state index is 9.77. The molecule has 1 unspecified atom stereocenters. The summed E-state index contributed by atoms with van der Waals surface area (Å²) < 4.78 is 0. The minimum atomic E-state index is -0.760. The topological polar surface area (TPSA) is 55.7 Å². The summed E-state index contributed by atoms with van der Waals surface area (Å²) >= 11 is 0. The van der Waals surface area contributed by atoms with E-state index in [1.54, 1.807) is 0 Å². The number of aliphatic hydroxyl groups excluding tert-OH is 2. The fourth-order valence-corrected chi connectivity index (χ4v) is 2.40. The first-order chi connectivity index (χ1) is 8.81. The lowest BCUT2D eigenvalue weighted by molar-refractivity contribution is 0.0947. The van der Waals surface area contributed by atoms with E-state index in [1.807, 2.05) is 24.3 Å². The van der Waals surface area contributed by atoms with Gasteiger partial charge in [0.05, 0.1) is 6.61 Å². The minimum absolute atomic E-state index is 0.218. The number of hydrogen-bond acceptors (Lipinski definition) is 4. The van der Waals surface area contributed by atoms with Crippen molar-refractivity contribution in [3.63, 3.8) is 0 Å². The molecule has 2 rings (SSSR count). The maximum Gasteiger partial charge on any atom is 0.102 e. The van der Waals surface area contributed by atoms with Crippen LogP contribution in [0.3, 0.4) is 0 Å². The molecule has 18 heavy (non-hydrogen) atoms. The molecule has 100 valence electrons. The molecule has 4 nitrogen and oxygen atoms in total. The number of aliphatic hydroxyl groups is 2. The molecule has 1 atom stereocenters. The summed E-state index contributed by atoms with van der Waals surface area (Å²) in [5.41, 5.74) is 1.99. The second-order valence-corrected chi connectivity index (χ2v) is 4.74. The van der Waals surface area contributed by atoms with Crippen molar-refractivity contribution in [3.8, 4) is 0 Å². The zero-order chi connectivity index (χ0) is 12.8. The fraction of sp³-hybridized carbons (Fsp3) is 0.571. The lowest BCUT2D eigenvalue weighted by Crippen LogP contribution is -2.44. The standard InChI is InChI=1S/C14H22N2O2/c17-11-14(18)13-4-2-1-3-12(13)5-8-16-9-6-15-7-10-16/h1-4,14-15,17-18H,5-11H2. The summed E-state index contributed by atoms with van der Waals surface area (Å²) in [5.74, 6) is 0. The summed E-state index contributed by atoms with van der Waals surface area (Å²) in [6.07, 6.45) is 0.164. The number of benzene rings is 1. The van der Waals surface area contributed by atoms with E-state index in [9.17, 15) is 5.11 Å². The summed E-state index contributed by atoms with van der Waals surface area (Å²) in [7, 11) is 0. The van der Waals surface area contributed by atoms with Crippen molar-refractivity contribution in [1.29, 1.82) is 0 Å². The van der Waals surface area contributed by atoms with Crippen LogP contribution in [0, 0.1) is 0 Å². The van der Waals surface area contributed by atoms with E-state index in [1.165, 1.54) is 0 Å². The largest absolute Gasteiger partial charge is 0.393 e. The number of nitrogens with one attached hydrogen (secondary N) is 1. The molecule has 1 heterocycles. The van der Waals surface area contributed by atoms with Gasteiger partial charge in [0.1, 0.15) is 6.10 Å². The van der Waals surface area contributed by atoms with E-state index in [4.69, 9.17) is 5.11 Å². The maximum atomic E-state index is 9.77. The Morgan fingerprint density at radius 2 is 1.94 bits per heavy atom. The Kier molecular flexibility index (Phi) is 5.13. The number of piperazine rings is 1. The highest BCUT2D eigenvalue weighted by Gasteiger charge is 2.13. The molecule has 4 heteroatoms. The van der Waals surface area contributed by atoms with E-state index in [0.29, 0.717) is 0 Å². The molecule has 0 spiro atoms. The smallest absolute Gasteiger partial charge is 0.102 e. The molecule has 1 aliphatic rings. The highest BCUT2D eigenvalue weighted by atomic mass is 16.3. The van der Waals surface area contributed by atoms with Crippen molar-refractivity contribution in [2.24, 2.45) is 0 Å². The van der Waals surface area contributed by atoms with Crippen molar-refractivity contribution >= 4 is 0 Å². The predicted molar refractivity (Wildman–Crippen MR) is 71.5 cm³/mol. The third kappa shape index (κ3) is 3.53. The summed E-state index contributed by atoms with van der Waals surface area (Å²) in [5, 5.41) is 22.2. The Bertz CT molecular complexity index is 365. The van der Waals surface area contributed by atoms with Gasteiger partial charge < -0.3 is 20.4 Å². The molecule has 1 aromatic rings. The van der Waals surface area contributed by atoms with Gasteiger partial charge in [0, 0.05) is 32.7 Å². The van der Waals surface area contributed by atoms with E-state index in [-0.39, 0.29) is 6.61 Å². The molecule has 0 aliphatic carbocycles. The number of rotatable bonds is 5. The van der Waals surface area contributed by atoms with Gasteiger partial charge in [0.25, 0.3) is 0 Å². The Morgan fingerprint density at radius 1 is 1.22 bits per heavy atom. The molecule has 1 aliphatic heterocycles. The van der Waals surface area contributed by atoms with Gasteiger partial charge >= 0.3 is 0 Å². The fourth-order valence-electron chi connectivity index (χ4n) is 2.40. The first-order valence-electron chi connectivity index (χ1n) is 6.61. The minimum Gasteiger partial charge on any atom is -0.393 e. The van der Waals surface area contributed by atoms with Crippen molar-refractivity contribution in [3.05, 3.63) is 35.4 Å². The normalized spacial score (nSPS) is 18.8. The van der Waals surface area contributed by atoms with Crippen LogP contribution >= 0.6 is 0 Å². The van der Waals surface area contributed by atoms with Gasteiger partial charge in [-0.1, -0.05) is 24.3 Å². The number of hydrogen-bond donors (Lipinski definition) is 3. The zero-order valence-electron chi connectivity index (χ0n) is 10.7. The van der Waals surface area contributed by atoms with E-state index < -0.39 is 6.10 Å². The first kappa shape index (κ1) is 13.5. The molecular formula is C14H22N2O2. The van der Waals surface area contributed by atoms with Crippen LogP contribution in [0.15, 0.2) is 24.3 Å². The third-order valence-electron chi connectivity index (χ3n) is 3.49. The van der Waals surface area contributed by atoms with Crippen LogP contribution in [-0.2, 0) is 6.42 Å². The van der Waals surface area contributed by atoms with Crippen LogP contribution < -0.4 is 5.32 Å². The van der Waals surface area contributed by atoms with Gasteiger partial charge in [0.15, 0.2) is 0 Å².